The zero-order chi connectivity index (χ0) is 29.8. The summed E-state index contributed by atoms with van der Waals surface area (Å²) in [6.07, 6.45) is 10.1. The monoisotopic (exact) mass is 601 g/mol. The number of methoxy groups -OCH3 is 1. The highest BCUT2D eigenvalue weighted by molar-refractivity contribution is 7.81. The van der Waals surface area contributed by atoms with Gasteiger partial charge in [-0.05, 0) is 79.1 Å². The summed E-state index contributed by atoms with van der Waals surface area (Å²) >= 11 is -1.64. The minimum Gasteiger partial charge on any atom is -0.497 e. The third-order valence-corrected chi connectivity index (χ3v) is 10.6. The van der Waals surface area contributed by atoms with E-state index in [0.29, 0.717) is 24.1 Å². The van der Waals surface area contributed by atoms with Gasteiger partial charge in [-0.25, -0.2) is 8.51 Å². The van der Waals surface area contributed by atoms with Crippen molar-refractivity contribution in [1.82, 2.24) is 23.8 Å². The van der Waals surface area contributed by atoms with Crippen LogP contribution < -0.4 is 14.8 Å². The second-order valence-corrected chi connectivity index (χ2v) is 13.9. The molecule has 43 heavy (non-hydrogen) atoms. The van der Waals surface area contributed by atoms with Gasteiger partial charge in [-0.3, -0.25) is 19.6 Å². The molecule has 1 aliphatic carbocycles. The highest BCUT2D eigenvalue weighted by atomic mass is 32.2. The van der Waals surface area contributed by atoms with Gasteiger partial charge in [0.25, 0.3) is 11.8 Å². The van der Waals surface area contributed by atoms with Gasteiger partial charge in [0, 0.05) is 54.3 Å². The van der Waals surface area contributed by atoms with Crippen LogP contribution in [0.1, 0.15) is 72.3 Å². The van der Waals surface area contributed by atoms with Gasteiger partial charge in [-0.1, -0.05) is 25.3 Å². The van der Waals surface area contributed by atoms with Gasteiger partial charge in [0.15, 0.2) is 11.2 Å². The van der Waals surface area contributed by atoms with Gasteiger partial charge in [0.05, 0.1) is 25.5 Å². The maximum atomic E-state index is 14.2. The molecule has 3 atom stereocenters. The molecule has 0 spiro atoms. The van der Waals surface area contributed by atoms with Crippen molar-refractivity contribution in [2.45, 2.75) is 69.6 Å². The maximum Gasteiger partial charge on any atom is 0.264 e. The molecule has 3 aliphatic heterocycles. The van der Waals surface area contributed by atoms with Crippen LogP contribution in [0.25, 0.3) is 28.2 Å². The summed E-state index contributed by atoms with van der Waals surface area (Å²) < 4.78 is 24.3. The summed E-state index contributed by atoms with van der Waals surface area (Å²) in [6.45, 7) is 1.13. The fourth-order valence-corrected chi connectivity index (χ4v) is 7.96. The first-order valence-electron chi connectivity index (χ1n) is 15.3. The van der Waals surface area contributed by atoms with Crippen molar-refractivity contribution >= 4 is 40.0 Å². The predicted molar refractivity (Wildman–Crippen MR) is 169 cm³/mol. The zero-order valence-corrected chi connectivity index (χ0v) is 25.8. The van der Waals surface area contributed by atoms with E-state index in [9.17, 15) is 13.8 Å². The Morgan fingerprint density at radius 2 is 1.86 bits per heavy atom. The number of nitrogens with one attached hydrogen (secondary N) is 2. The fraction of sp³-hybridized carbons (Fsp3) is 0.455. The molecule has 2 amide bonds. The first kappa shape index (κ1) is 28.3. The number of carbonyl (C=O) groups excluding carboxylic acids is 2. The quantitative estimate of drug-likeness (QED) is 0.432. The molecule has 1 aromatic heterocycles. The van der Waals surface area contributed by atoms with Crippen molar-refractivity contribution in [3.05, 3.63) is 58.7 Å². The highest BCUT2D eigenvalue weighted by Crippen LogP contribution is 2.47. The first-order valence-corrected chi connectivity index (χ1v) is 16.5. The summed E-state index contributed by atoms with van der Waals surface area (Å²) in [6, 6.07) is 12.3. The maximum absolute atomic E-state index is 14.2. The number of amides is 2. The van der Waals surface area contributed by atoms with Crippen molar-refractivity contribution < 1.29 is 18.5 Å². The standard InChI is InChI=1S/C33H39N5O4S/c1-36(2)43(41)35-32(39)21-9-12-27-28(17-21)37-18-23(33(40)38-19-24-10-14-29(38)34-24)15-22-16-25(42-3)11-13-26(22)31(37)30(27)20-7-5-4-6-8-20/h9,11-13,15-17,20,24,29,34H,4-8,10,14,18-19H2,1-3H3,(H,35,39). The van der Waals surface area contributed by atoms with Gasteiger partial charge >= 0.3 is 0 Å². The third kappa shape index (κ3) is 4.99. The second kappa shape index (κ2) is 11.2. The third-order valence-electron chi connectivity index (χ3n) is 9.61. The van der Waals surface area contributed by atoms with Crippen LogP contribution in [-0.4, -0.2) is 69.8 Å². The lowest BCUT2D eigenvalue weighted by Gasteiger charge is -2.27. The highest BCUT2D eigenvalue weighted by Gasteiger charge is 2.41. The van der Waals surface area contributed by atoms with E-state index in [1.54, 1.807) is 21.2 Å². The van der Waals surface area contributed by atoms with Crippen molar-refractivity contribution in [3.8, 4) is 17.0 Å². The number of hydrogen-bond acceptors (Lipinski definition) is 5. The molecule has 3 fully saturated rings. The predicted octanol–water partition coefficient (Wildman–Crippen LogP) is 4.55. The number of piperidine rings is 1. The minimum atomic E-state index is -1.64. The zero-order valence-electron chi connectivity index (χ0n) is 25.0. The van der Waals surface area contributed by atoms with Crippen LogP contribution in [-0.2, 0) is 22.5 Å². The molecule has 0 radical (unpaired) electrons. The SMILES string of the molecule is COc1ccc2c(c1)C=C(C(=O)N1CC3CCC1N3)Cn1c-2c(C2CCCCC2)c2ccc(C(=O)NS(=O)N(C)C)cc21. The van der Waals surface area contributed by atoms with Crippen LogP contribution in [0.2, 0.25) is 0 Å². The van der Waals surface area contributed by atoms with Crippen molar-refractivity contribution in [2.75, 3.05) is 27.7 Å². The van der Waals surface area contributed by atoms with Crippen LogP contribution in [0.3, 0.4) is 0 Å². The summed E-state index contributed by atoms with van der Waals surface area (Å²) in [5.74, 6) is 0.797. The Morgan fingerprint density at radius 3 is 2.56 bits per heavy atom. The number of nitrogens with zero attached hydrogens (tertiary/aromatic N) is 3. The molecule has 1 saturated carbocycles. The van der Waals surface area contributed by atoms with E-state index in [1.165, 1.54) is 29.1 Å². The Balaban J connectivity index is 1.41. The van der Waals surface area contributed by atoms with Gasteiger partial charge in [0.2, 0.25) is 0 Å². The van der Waals surface area contributed by atoms with E-state index in [0.717, 1.165) is 71.3 Å². The lowest BCUT2D eigenvalue weighted by molar-refractivity contribution is -0.128. The molecular weight excluding hydrogens is 562 g/mol. The fourth-order valence-electron chi connectivity index (χ4n) is 7.50. The van der Waals surface area contributed by atoms with Crippen LogP contribution in [0.15, 0.2) is 42.0 Å². The lowest BCUT2D eigenvalue weighted by atomic mass is 9.81. The molecule has 2 N–H and O–H groups in total. The molecule has 3 aromatic rings. The molecule has 4 aliphatic rings. The molecule has 226 valence electrons. The average molecular weight is 602 g/mol. The first-order chi connectivity index (χ1) is 20.8. The average Bonchev–Trinajstić information content (AvgIpc) is 3.71. The molecule has 2 aromatic carbocycles. The number of likely N-dealkylation sites (tertiary alicyclic amines) is 1. The Kier molecular flexibility index (Phi) is 7.39. The van der Waals surface area contributed by atoms with Gasteiger partial charge in [0.1, 0.15) is 5.75 Å². The Bertz CT molecular complexity index is 1670. The normalized spacial score (nSPS) is 22.2. The molecule has 3 unspecified atom stereocenters. The smallest absolute Gasteiger partial charge is 0.264 e. The summed E-state index contributed by atoms with van der Waals surface area (Å²) in [4.78, 5) is 29.4. The van der Waals surface area contributed by atoms with Gasteiger partial charge in [-0.15, -0.1) is 0 Å². The second-order valence-electron chi connectivity index (χ2n) is 12.4. The number of aromatic nitrogens is 1. The molecule has 10 heteroatoms. The van der Waals surface area contributed by atoms with E-state index in [1.807, 2.05) is 41.3 Å². The summed E-state index contributed by atoms with van der Waals surface area (Å²) in [5.41, 5.74) is 6.54. The Morgan fingerprint density at radius 1 is 1.05 bits per heavy atom. The number of rotatable bonds is 6. The van der Waals surface area contributed by atoms with E-state index in [2.05, 4.69) is 20.7 Å². The van der Waals surface area contributed by atoms with E-state index < -0.39 is 17.1 Å². The number of carbonyl (C=O) groups is 2. The largest absolute Gasteiger partial charge is 0.497 e. The van der Waals surface area contributed by atoms with Gasteiger partial charge < -0.3 is 14.2 Å². The van der Waals surface area contributed by atoms with Crippen LogP contribution in [0.5, 0.6) is 5.75 Å². The van der Waals surface area contributed by atoms with E-state index >= 15 is 0 Å². The minimum absolute atomic E-state index is 0.0534. The number of fused-ring (bicyclic) bond motifs is 7. The molecule has 4 heterocycles. The molecule has 7 rings (SSSR count). The Hall–Kier alpha value is -3.47. The van der Waals surface area contributed by atoms with Crippen LogP contribution >= 0.6 is 0 Å². The number of hydrogen-bond donors (Lipinski definition) is 2. The Labute approximate surface area is 255 Å². The van der Waals surface area contributed by atoms with Crippen molar-refractivity contribution in [3.63, 3.8) is 0 Å². The molecule has 2 bridgehead atoms. The summed E-state index contributed by atoms with van der Waals surface area (Å²) in [7, 11) is 4.98. The van der Waals surface area contributed by atoms with Gasteiger partial charge in [-0.2, -0.15) is 0 Å². The van der Waals surface area contributed by atoms with Crippen molar-refractivity contribution in [2.24, 2.45) is 0 Å². The summed E-state index contributed by atoms with van der Waals surface area (Å²) in [5, 5.41) is 4.68. The molecule has 2 saturated heterocycles. The lowest BCUT2D eigenvalue weighted by Crippen LogP contribution is -2.41. The van der Waals surface area contributed by atoms with E-state index in [-0.39, 0.29) is 12.1 Å². The van der Waals surface area contributed by atoms with Crippen LogP contribution in [0, 0.1) is 0 Å². The topological polar surface area (TPSA) is 95.9 Å². The van der Waals surface area contributed by atoms with Crippen molar-refractivity contribution in [1.29, 1.82) is 0 Å². The number of benzene rings is 2. The molecular formula is C33H39N5O4S. The van der Waals surface area contributed by atoms with E-state index in [4.69, 9.17) is 4.74 Å². The van der Waals surface area contributed by atoms with Crippen LogP contribution in [0.4, 0.5) is 0 Å². The molecule has 9 nitrogen and oxygen atoms in total. The number of ether oxygens (including phenoxy) is 1.